The molecule has 168 valence electrons. The monoisotopic (exact) mass is 408 g/mol. The lowest BCUT2D eigenvalue weighted by Gasteiger charge is -2.07. The van der Waals surface area contributed by atoms with Crippen LogP contribution in [0.3, 0.4) is 0 Å². The molecule has 0 heterocycles. The minimum atomic E-state index is -4.87. The molecule has 0 N–H and O–H groups in total. The van der Waals surface area contributed by atoms with Crippen LogP contribution < -0.4 is 0 Å². The SMILES string of the molecule is CCCCCCCCCCCCCCCCCCCCCOC(=O)C(F)(F)F. The normalized spacial score (nSPS) is 11.7. The van der Waals surface area contributed by atoms with Gasteiger partial charge >= 0.3 is 12.1 Å². The van der Waals surface area contributed by atoms with E-state index < -0.39 is 12.1 Å². The third-order valence-electron chi connectivity index (χ3n) is 5.21. The van der Waals surface area contributed by atoms with Gasteiger partial charge in [0.2, 0.25) is 0 Å². The molecule has 2 nitrogen and oxygen atoms in total. The van der Waals surface area contributed by atoms with Gasteiger partial charge in [0.15, 0.2) is 0 Å². The van der Waals surface area contributed by atoms with Crippen molar-refractivity contribution >= 4 is 5.97 Å². The van der Waals surface area contributed by atoms with Crippen LogP contribution in [0.1, 0.15) is 129 Å². The van der Waals surface area contributed by atoms with Crippen molar-refractivity contribution in [3.05, 3.63) is 0 Å². The fourth-order valence-electron chi connectivity index (χ4n) is 3.43. The van der Waals surface area contributed by atoms with Gasteiger partial charge < -0.3 is 4.74 Å². The molecule has 0 aromatic heterocycles. The summed E-state index contributed by atoms with van der Waals surface area (Å²) >= 11 is 0. The van der Waals surface area contributed by atoms with Gasteiger partial charge in [-0.05, 0) is 6.42 Å². The molecule has 0 aliphatic rings. The van der Waals surface area contributed by atoms with Crippen molar-refractivity contribution in [1.82, 2.24) is 0 Å². The first kappa shape index (κ1) is 27.3. The number of carbonyl (C=O) groups is 1. The van der Waals surface area contributed by atoms with Gasteiger partial charge in [-0.3, -0.25) is 0 Å². The van der Waals surface area contributed by atoms with Gasteiger partial charge in [-0.15, -0.1) is 0 Å². The third-order valence-corrected chi connectivity index (χ3v) is 5.21. The van der Waals surface area contributed by atoms with Crippen LogP contribution in [0.5, 0.6) is 0 Å². The molecule has 0 spiro atoms. The molecular formula is C23H43F3O2. The first-order valence-electron chi connectivity index (χ1n) is 11.7. The molecule has 0 saturated heterocycles. The van der Waals surface area contributed by atoms with Crippen LogP contribution in [0.15, 0.2) is 0 Å². The summed E-state index contributed by atoms with van der Waals surface area (Å²) in [4.78, 5) is 10.5. The van der Waals surface area contributed by atoms with E-state index in [1.807, 2.05) is 0 Å². The van der Waals surface area contributed by atoms with Crippen LogP contribution in [0.2, 0.25) is 0 Å². The van der Waals surface area contributed by atoms with Crippen LogP contribution >= 0.6 is 0 Å². The number of unbranched alkanes of at least 4 members (excludes halogenated alkanes) is 18. The Morgan fingerprint density at radius 2 is 0.857 bits per heavy atom. The van der Waals surface area contributed by atoms with Gasteiger partial charge in [0, 0.05) is 0 Å². The highest BCUT2D eigenvalue weighted by atomic mass is 19.4. The van der Waals surface area contributed by atoms with Crippen LogP contribution in [0.25, 0.3) is 0 Å². The van der Waals surface area contributed by atoms with Gasteiger partial charge in [-0.1, -0.05) is 122 Å². The van der Waals surface area contributed by atoms with Crippen LogP contribution in [-0.4, -0.2) is 18.8 Å². The molecule has 0 aliphatic heterocycles. The van der Waals surface area contributed by atoms with E-state index in [0.717, 1.165) is 19.3 Å². The zero-order valence-corrected chi connectivity index (χ0v) is 18.1. The summed E-state index contributed by atoms with van der Waals surface area (Å²) in [5.74, 6) is -2.07. The molecule has 0 aliphatic carbocycles. The zero-order valence-electron chi connectivity index (χ0n) is 18.1. The summed E-state index contributed by atoms with van der Waals surface area (Å²) < 4.78 is 39.9. The highest BCUT2D eigenvalue weighted by molar-refractivity contribution is 5.75. The van der Waals surface area contributed by atoms with Gasteiger partial charge in [0.25, 0.3) is 0 Å². The summed E-state index contributed by atoms with van der Waals surface area (Å²) in [6.45, 7) is 2.13. The van der Waals surface area contributed by atoms with Crippen molar-refractivity contribution in [2.45, 2.75) is 135 Å². The maximum absolute atomic E-state index is 11.9. The average molecular weight is 409 g/mol. The molecule has 0 bridgehead atoms. The Balaban J connectivity index is 3.10. The van der Waals surface area contributed by atoms with Crippen molar-refractivity contribution in [1.29, 1.82) is 0 Å². The summed E-state index contributed by atoms with van der Waals surface area (Å²) in [5, 5.41) is 0. The zero-order chi connectivity index (χ0) is 20.9. The number of hydrogen-bond donors (Lipinski definition) is 0. The second-order valence-corrected chi connectivity index (χ2v) is 8.00. The lowest BCUT2D eigenvalue weighted by Crippen LogP contribution is -2.25. The van der Waals surface area contributed by atoms with E-state index in [2.05, 4.69) is 11.7 Å². The topological polar surface area (TPSA) is 26.3 Å². The molecule has 0 rings (SSSR count). The van der Waals surface area contributed by atoms with Gasteiger partial charge in [0.05, 0.1) is 6.61 Å². The van der Waals surface area contributed by atoms with E-state index in [1.165, 1.54) is 96.3 Å². The van der Waals surface area contributed by atoms with Gasteiger partial charge in [-0.2, -0.15) is 13.2 Å². The molecule has 0 amide bonds. The minimum Gasteiger partial charge on any atom is -0.459 e. The summed E-state index contributed by atoms with van der Waals surface area (Å²) in [6.07, 6.45) is 18.9. The van der Waals surface area contributed by atoms with Crippen molar-refractivity contribution in [2.24, 2.45) is 0 Å². The summed E-state index contributed by atoms with van der Waals surface area (Å²) in [5.41, 5.74) is 0. The lowest BCUT2D eigenvalue weighted by atomic mass is 10.0. The highest BCUT2D eigenvalue weighted by Crippen LogP contribution is 2.17. The largest absolute Gasteiger partial charge is 0.490 e. The fraction of sp³-hybridized carbons (Fsp3) is 0.957. The Bertz CT molecular complexity index is 343. The molecule has 5 heteroatoms. The molecular weight excluding hydrogens is 365 g/mol. The number of hydrogen-bond acceptors (Lipinski definition) is 2. The van der Waals surface area contributed by atoms with Gasteiger partial charge in [-0.25, -0.2) is 4.79 Å². The van der Waals surface area contributed by atoms with E-state index in [4.69, 9.17) is 0 Å². The first-order chi connectivity index (χ1) is 13.5. The number of esters is 1. The van der Waals surface area contributed by atoms with E-state index >= 15 is 0 Å². The second-order valence-electron chi connectivity index (χ2n) is 8.00. The van der Waals surface area contributed by atoms with E-state index in [9.17, 15) is 18.0 Å². The van der Waals surface area contributed by atoms with Crippen molar-refractivity contribution in [3.63, 3.8) is 0 Å². The standard InChI is InChI=1S/C23H43F3O2/c1-2-3-4-5-6-7-8-9-10-11-12-13-14-15-16-17-18-19-20-21-28-22(27)23(24,25)26/h2-21H2,1H3. The maximum Gasteiger partial charge on any atom is 0.490 e. The average Bonchev–Trinajstić information content (AvgIpc) is 2.65. The van der Waals surface area contributed by atoms with E-state index in [1.54, 1.807) is 0 Å². The molecule has 0 aromatic carbocycles. The maximum atomic E-state index is 11.9. The molecule has 0 aromatic rings. The molecule has 0 radical (unpaired) electrons. The van der Waals surface area contributed by atoms with E-state index in [0.29, 0.717) is 6.42 Å². The molecule has 0 atom stereocenters. The van der Waals surface area contributed by atoms with Crippen LogP contribution in [0, 0.1) is 0 Å². The molecule has 0 saturated carbocycles. The summed E-state index contributed by atoms with van der Waals surface area (Å²) in [7, 11) is 0. The highest BCUT2D eigenvalue weighted by Gasteiger charge is 2.40. The summed E-state index contributed by atoms with van der Waals surface area (Å²) in [6, 6.07) is 0. The van der Waals surface area contributed by atoms with Crippen molar-refractivity contribution in [2.75, 3.05) is 6.61 Å². The number of ether oxygens (including phenoxy) is 1. The fourth-order valence-corrected chi connectivity index (χ4v) is 3.43. The Morgan fingerprint density at radius 1 is 0.571 bits per heavy atom. The number of rotatable bonds is 20. The van der Waals surface area contributed by atoms with Gasteiger partial charge in [0.1, 0.15) is 0 Å². The van der Waals surface area contributed by atoms with E-state index in [-0.39, 0.29) is 6.61 Å². The minimum absolute atomic E-state index is 0.128. The molecule has 0 unspecified atom stereocenters. The molecule has 28 heavy (non-hydrogen) atoms. The van der Waals surface area contributed by atoms with Crippen LogP contribution in [-0.2, 0) is 9.53 Å². The number of carbonyl (C=O) groups excluding carboxylic acids is 1. The third kappa shape index (κ3) is 20.0. The Labute approximate surface area is 171 Å². The lowest BCUT2D eigenvalue weighted by molar-refractivity contribution is -0.199. The predicted molar refractivity (Wildman–Crippen MR) is 110 cm³/mol. The second kappa shape index (κ2) is 19.6. The Morgan fingerprint density at radius 3 is 1.14 bits per heavy atom. The smallest absolute Gasteiger partial charge is 0.459 e. The number of alkyl halides is 3. The van der Waals surface area contributed by atoms with Crippen LogP contribution in [0.4, 0.5) is 13.2 Å². The van der Waals surface area contributed by atoms with Crippen molar-refractivity contribution < 1.29 is 22.7 Å². The Kier molecular flexibility index (Phi) is 19.1. The predicted octanol–water partition coefficient (Wildman–Crippen LogP) is 8.52. The Hall–Kier alpha value is -0.740. The first-order valence-corrected chi connectivity index (χ1v) is 11.7. The van der Waals surface area contributed by atoms with Crippen molar-refractivity contribution in [3.8, 4) is 0 Å². The molecule has 0 fully saturated rings. The quantitative estimate of drug-likeness (QED) is 0.149. The number of halogens is 3.